The highest BCUT2D eigenvalue weighted by Gasteiger charge is 2.23. The molecule has 0 spiro atoms. The number of halogens is 2. The Hall–Kier alpha value is -1.98. The summed E-state index contributed by atoms with van der Waals surface area (Å²) < 4.78 is 32.9. The second kappa shape index (κ2) is 6.20. The van der Waals surface area contributed by atoms with E-state index < -0.39 is 17.7 Å². The molecule has 0 aliphatic heterocycles. The lowest BCUT2D eigenvalue weighted by atomic mass is 9.94. The van der Waals surface area contributed by atoms with Crippen molar-refractivity contribution in [3.05, 3.63) is 64.2 Å². The summed E-state index contributed by atoms with van der Waals surface area (Å²) in [5, 5.41) is 0. The first-order valence-corrected chi connectivity index (χ1v) is 6.55. The van der Waals surface area contributed by atoms with Gasteiger partial charge in [-0.2, -0.15) is 0 Å². The highest BCUT2D eigenvalue weighted by Crippen LogP contribution is 2.34. The molecule has 1 unspecified atom stereocenters. The first-order chi connectivity index (χ1) is 10.0. The minimum absolute atomic E-state index is 0.138. The van der Waals surface area contributed by atoms with Gasteiger partial charge in [0, 0.05) is 11.1 Å². The van der Waals surface area contributed by atoms with E-state index in [-0.39, 0.29) is 5.56 Å². The normalized spacial score (nSPS) is 12.3. The molecule has 0 saturated heterocycles. The first-order valence-electron chi connectivity index (χ1n) is 6.55. The lowest BCUT2D eigenvalue weighted by Crippen LogP contribution is -2.30. The first kappa shape index (κ1) is 15.4. The Kier molecular flexibility index (Phi) is 4.55. The molecule has 0 amide bonds. The van der Waals surface area contributed by atoms with Gasteiger partial charge < -0.3 is 4.74 Å². The third-order valence-electron chi connectivity index (χ3n) is 3.68. The Labute approximate surface area is 122 Å². The maximum Gasteiger partial charge on any atom is 0.163 e. The summed E-state index contributed by atoms with van der Waals surface area (Å²) in [4.78, 5) is 0. The number of nitrogens with two attached hydrogens (primary N) is 1. The third kappa shape index (κ3) is 2.75. The zero-order valence-electron chi connectivity index (χ0n) is 12.2. The SMILES string of the molecule is COc1c(C(NN)c2cccc(F)c2F)ccc(C)c1C. The molecule has 1 atom stereocenters. The van der Waals surface area contributed by atoms with Crippen molar-refractivity contribution in [3.63, 3.8) is 0 Å². The van der Waals surface area contributed by atoms with E-state index in [4.69, 9.17) is 10.6 Å². The van der Waals surface area contributed by atoms with E-state index in [1.54, 1.807) is 13.2 Å². The molecule has 3 N–H and O–H groups in total. The molecule has 3 nitrogen and oxygen atoms in total. The van der Waals surface area contributed by atoms with E-state index in [1.165, 1.54) is 12.1 Å². The largest absolute Gasteiger partial charge is 0.496 e. The van der Waals surface area contributed by atoms with Gasteiger partial charge in [-0.15, -0.1) is 0 Å². The van der Waals surface area contributed by atoms with Gasteiger partial charge in [0.1, 0.15) is 5.75 Å². The fourth-order valence-corrected chi connectivity index (χ4v) is 2.40. The number of hydrogen-bond donors (Lipinski definition) is 2. The van der Waals surface area contributed by atoms with Crippen LogP contribution in [0.2, 0.25) is 0 Å². The summed E-state index contributed by atoms with van der Waals surface area (Å²) in [6, 6.07) is 7.02. The van der Waals surface area contributed by atoms with Crippen molar-refractivity contribution in [2.45, 2.75) is 19.9 Å². The minimum Gasteiger partial charge on any atom is -0.496 e. The number of benzene rings is 2. The van der Waals surface area contributed by atoms with Crippen LogP contribution in [0.5, 0.6) is 5.75 Å². The highest BCUT2D eigenvalue weighted by molar-refractivity contribution is 5.49. The van der Waals surface area contributed by atoms with Crippen molar-refractivity contribution in [1.82, 2.24) is 5.43 Å². The van der Waals surface area contributed by atoms with Gasteiger partial charge in [-0.3, -0.25) is 5.84 Å². The molecule has 112 valence electrons. The van der Waals surface area contributed by atoms with Crippen LogP contribution in [-0.2, 0) is 0 Å². The molecule has 0 bridgehead atoms. The predicted molar refractivity (Wildman–Crippen MR) is 78.0 cm³/mol. The molecule has 0 saturated carbocycles. The van der Waals surface area contributed by atoms with Crippen LogP contribution in [0.3, 0.4) is 0 Å². The minimum atomic E-state index is -0.916. The van der Waals surface area contributed by atoms with Gasteiger partial charge in [-0.25, -0.2) is 14.2 Å². The van der Waals surface area contributed by atoms with Gasteiger partial charge in [0.25, 0.3) is 0 Å². The monoisotopic (exact) mass is 292 g/mol. The van der Waals surface area contributed by atoms with Crippen LogP contribution in [-0.4, -0.2) is 7.11 Å². The van der Waals surface area contributed by atoms with E-state index >= 15 is 0 Å². The van der Waals surface area contributed by atoms with Gasteiger partial charge in [0.2, 0.25) is 0 Å². The maximum absolute atomic E-state index is 14.0. The summed E-state index contributed by atoms with van der Waals surface area (Å²) in [6.07, 6.45) is 0. The van der Waals surface area contributed by atoms with Crippen molar-refractivity contribution >= 4 is 0 Å². The second-order valence-electron chi connectivity index (χ2n) is 4.87. The number of methoxy groups -OCH3 is 1. The zero-order chi connectivity index (χ0) is 15.6. The molecular weight excluding hydrogens is 274 g/mol. The fourth-order valence-electron chi connectivity index (χ4n) is 2.40. The van der Waals surface area contributed by atoms with Crippen molar-refractivity contribution in [3.8, 4) is 5.75 Å². The molecule has 0 fully saturated rings. The van der Waals surface area contributed by atoms with Crippen molar-refractivity contribution < 1.29 is 13.5 Å². The molecule has 2 rings (SSSR count). The summed E-state index contributed by atoms with van der Waals surface area (Å²) in [5.41, 5.74) is 5.32. The Balaban J connectivity index is 2.62. The van der Waals surface area contributed by atoms with Crippen LogP contribution >= 0.6 is 0 Å². The molecular formula is C16H18F2N2O. The van der Waals surface area contributed by atoms with E-state index in [1.807, 2.05) is 19.9 Å². The molecule has 0 heterocycles. The van der Waals surface area contributed by atoms with Crippen LogP contribution in [0, 0.1) is 25.5 Å². The molecule has 21 heavy (non-hydrogen) atoms. The lowest BCUT2D eigenvalue weighted by molar-refractivity contribution is 0.399. The third-order valence-corrected chi connectivity index (χ3v) is 3.68. The van der Waals surface area contributed by atoms with Crippen molar-refractivity contribution in [2.24, 2.45) is 5.84 Å². The molecule has 5 heteroatoms. The Morgan fingerprint density at radius 2 is 1.81 bits per heavy atom. The van der Waals surface area contributed by atoms with Gasteiger partial charge in [-0.1, -0.05) is 24.3 Å². The number of aryl methyl sites for hydroxylation is 1. The Bertz CT molecular complexity index is 659. The number of nitrogens with one attached hydrogen (secondary N) is 1. The summed E-state index contributed by atoms with van der Waals surface area (Å²) in [6.45, 7) is 3.86. The zero-order valence-corrected chi connectivity index (χ0v) is 12.2. The topological polar surface area (TPSA) is 47.3 Å². The number of hydrazine groups is 1. The average Bonchev–Trinajstić information content (AvgIpc) is 2.48. The summed E-state index contributed by atoms with van der Waals surface area (Å²) >= 11 is 0. The van der Waals surface area contributed by atoms with Crippen molar-refractivity contribution in [2.75, 3.05) is 7.11 Å². The number of hydrogen-bond acceptors (Lipinski definition) is 3. The van der Waals surface area contributed by atoms with Gasteiger partial charge >= 0.3 is 0 Å². The molecule has 0 radical (unpaired) electrons. The van der Waals surface area contributed by atoms with Crippen LogP contribution in [0.4, 0.5) is 8.78 Å². The Morgan fingerprint density at radius 3 is 2.43 bits per heavy atom. The second-order valence-corrected chi connectivity index (χ2v) is 4.87. The van der Waals surface area contributed by atoms with Gasteiger partial charge in [-0.05, 0) is 31.0 Å². The van der Waals surface area contributed by atoms with E-state index in [2.05, 4.69) is 5.43 Å². The summed E-state index contributed by atoms with van der Waals surface area (Å²) in [5.74, 6) is 4.36. The van der Waals surface area contributed by atoms with E-state index in [0.29, 0.717) is 11.3 Å². The molecule has 0 aliphatic carbocycles. The molecule has 0 aromatic heterocycles. The standard InChI is InChI=1S/C16H18F2N2O/c1-9-7-8-12(16(21-3)10(9)2)15(20-19)11-5-4-6-13(17)14(11)18/h4-8,15,20H,19H2,1-3H3. The molecule has 2 aromatic rings. The van der Waals surface area contributed by atoms with Crippen LogP contribution in [0.15, 0.2) is 30.3 Å². The fraction of sp³-hybridized carbons (Fsp3) is 0.250. The van der Waals surface area contributed by atoms with Gasteiger partial charge in [0.05, 0.1) is 13.2 Å². The molecule has 0 aliphatic rings. The van der Waals surface area contributed by atoms with E-state index in [9.17, 15) is 8.78 Å². The maximum atomic E-state index is 14.0. The smallest absolute Gasteiger partial charge is 0.163 e. The molecule has 2 aromatic carbocycles. The van der Waals surface area contributed by atoms with Crippen LogP contribution in [0.25, 0.3) is 0 Å². The quantitative estimate of drug-likeness (QED) is 0.672. The summed E-state index contributed by atoms with van der Waals surface area (Å²) in [7, 11) is 1.54. The highest BCUT2D eigenvalue weighted by atomic mass is 19.2. The predicted octanol–water partition coefficient (Wildman–Crippen LogP) is 3.14. The Morgan fingerprint density at radius 1 is 1.10 bits per heavy atom. The van der Waals surface area contributed by atoms with E-state index in [0.717, 1.165) is 17.2 Å². The van der Waals surface area contributed by atoms with Gasteiger partial charge in [0.15, 0.2) is 11.6 Å². The lowest BCUT2D eigenvalue weighted by Gasteiger charge is -2.22. The number of ether oxygens (including phenoxy) is 1. The average molecular weight is 292 g/mol. The number of rotatable bonds is 4. The van der Waals surface area contributed by atoms with Crippen LogP contribution < -0.4 is 16.0 Å². The van der Waals surface area contributed by atoms with Crippen LogP contribution in [0.1, 0.15) is 28.3 Å². The van der Waals surface area contributed by atoms with Crippen molar-refractivity contribution in [1.29, 1.82) is 0 Å².